The maximum absolute atomic E-state index is 13.4. The van der Waals surface area contributed by atoms with Crippen LogP contribution in [0.25, 0.3) is 10.6 Å². The van der Waals surface area contributed by atoms with Crippen molar-refractivity contribution in [2.24, 2.45) is 0 Å². The molecule has 0 N–H and O–H groups in total. The molecule has 3 aromatic rings. The fourth-order valence-corrected chi connectivity index (χ4v) is 3.45. The van der Waals surface area contributed by atoms with Gasteiger partial charge < -0.3 is 4.74 Å². The van der Waals surface area contributed by atoms with Crippen LogP contribution in [0.15, 0.2) is 36.7 Å². The Labute approximate surface area is 165 Å². The van der Waals surface area contributed by atoms with Crippen LogP contribution in [0.1, 0.15) is 39.8 Å². The highest BCUT2D eigenvalue weighted by molar-refractivity contribution is 7.15. The molecule has 0 saturated carbocycles. The first-order valence-electron chi connectivity index (χ1n) is 8.34. The van der Waals surface area contributed by atoms with Crippen molar-refractivity contribution >= 4 is 17.3 Å². The number of hydrogen-bond acceptors (Lipinski definition) is 5. The molecule has 5 nitrogen and oxygen atoms in total. The second-order valence-electron chi connectivity index (χ2n) is 5.86. The lowest BCUT2D eigenvalue weighted by molar-refractivity contribution is -0.137. The fourth-order valence-electron chi connectivity index (χ4n) is 2.52. The number of benzene rings is 1. The van der Waals surface area contributed by atoms with Crippen LogP contribution in [-0.2, 0) is 17.5 Å². The summed E-state index contributed by atoms with van der Waals surface area (Å²) < 4.78 is 71.7. The zero-order chi connectivity index (χ0) is 21.2. The molecule has 0 spiro atoms. The minimum Gasteiger partial charge on any atom is -0.462 e. The number of halogens is 5. The molecule has 0 amide bonds. The van der Waals surface area contributed by atoms with Crippen molar-refractivity contribution in [1.82, 2.24) is 14.8 Å². The quantitative estimate of drug-likeness (QED) is 0.398. The van der Waals surface area contributed by atoms with E-state index in [1.807, 2.05) is 0 Å². The zero-order valence-corrected chi connectivity index (χ0v) is 15.7. The molecule has 0 aliphatic carbocycles. The second-order valence-corrected chi connectivity index (χ2v) is 6.89. The second kappa shape index (κ2) is 8.27. The maximum Gasteiger partial charge on any atom is 0.416 e. The highest BCUT2D eigenvalue weighted by Crippen LogP contribution is 2.37. The number of hydrogen-bond donors (Lipinski definition) is 0. The van der Waals surface area contributed by atoms with Gasteiger partial charge in [0, 0.05) is 11.8 Å². The molecule has 11 heteroatoms. The highest BCUT2D eigenvalue weighted by atomic mass is 32.1. The van der Waals surface area contributed by atoms with Crippen molar-refractivity contribution in [3.63, 3.8) is 0 Å². The number of esters is 1. The first-order valence-corrected chi connectivity index (χ1v) is 9.15. The van der Waals surface area contributed by atoms with Gasteiger partial charge in [0.15, 0.2) is 0 Å². The first-order chi connectivity index (χ1) is 13.7. The Morgan fingerprint density at radius 1 is 1.31 bits per heavy atom. The summed E-state index contributed by atoms with van der Waals surface area (Å²) in [7, 11) is 0. The predicted molar refractivity (Wildman–Crippen MR) is 94.8 cm³/mol. The van der Waals surface area contributed by atoms with Crippen LogP contribution in [-0.4, -0.2) is 27.3 Å². The third-order valence-corrected chi connectivity index (χ3v) is 4.97. The lowest BCUT2D eigenvalue weighted by atomic mass is 10.1. The van der Waals surface area contributed by atoms with Crippen LogP contribution in [0.5, 0.6) is 0 Å². The molecule has 2 heterocycles. The van der Waals surface area contributed by atoms with Crippen LogP contribution in [0.2, 0.25) is 0 Å². The van der Waals surface area contributed by atoms with Gasteiger partial charge in [-0.1, -0.05) is 12.1 Å². The Bertz CT molecular complexity index is 1010. The Morgan fingerprint density at radius 3 is 2.72 bits per heavy atom. The van der Waals surface area contributed by atoms with E-state index in [0.717, 1.165) is 12.1 Å². The molecule has 154 valence electrons. The largest absolute Gasteiger partial charge is 0.462 e. The monoisotopic (exact) mass is 431 g/mol. The van der Waals surface area contributed by atoms with E-state index in [1.165, 1.54) is 29.2 Å². The Morgan fingerprint density at radius 2 is 2.07 bits per heavy atom. The van der Waals surface area contributed by atoms with Gasteiger partial charge in [0.1, 0.15) is 5.01 Å². The zero-order valence-electron chi connectivity index (χ0n) is 14.9. The number of aromatic nitrogens is 3. The fraction of sp³-hybridized carbons (Fsp3) is 0.278. The SMILES string of the molecule is CCOC(=O)c1cnn(Cc2nc(-c3cccc(C(F)(F)F)c3)sc2C(F)F)c1. The van der Waals surface area contributed by atoms with Crippen LogP contribution in [0, 0.1) is 0 Å². The lowest BCUT2D eigenvalue weighted by Crippen LogP contribution is -2.05. The van der Waals surface area contributed by atoms with Crippen LogP contribution in [0.3, 0.4) is 0 Å². The van der Waals surface area contributed by atoms with Gasteiger partial charge in [-0.05, 0) is 19.1 Å². The average Bonchev–Trinajstić information content (AvgIpc) is 3.29. The maximum atomic E-state index is 13.4. The summed E-state index contributed by atoms with van der Waals surface area (Å²) in [5.74, 6) is -0.601. The first kappa shape index (κ1) is 20.9. The van der Waals surface area contributed by atoms with E-state index in [1.54, 1.807) is 6.92 Å². The summed E-state index contributed by atoms with van der Waals surface area (Å²) in [5, 5.41) is 3.97. The molecular weight excluding hydrogens is 417 g/mol. The van der Waals surface area contributed by atoms with Crippen LogP contribution >= 0.6 is 11.3 Å². The molecular formula is C18H14F5N3O2S. The van der Waals surface area contributed by atoms with Gasteiger partial charge in [-0.15, -0.1) is 11.3 Å². The van der Waals surface area contributed by atoms with Gasteiger partial charge in [0.05, 0.1) is 41.0 Å². The van der Waals surface area contributed by atoms with Crippen molar-refractivity contribution < 1.29 is 31.5 Å². The van der Waals surface area contributed by atoms with Gasteiger partial charge in [0.2, 0.25) is 0 Å². The van der Waals surface area contributed by atoms with Gasteiger partial charge >= 0.3 is 12.1 Å². The molecule has 2 aromatic heterocycles. The van der Waals surface area contributed by atoms with E-state index in [-0.39, 0.29) is 39.9 Å². The van der Waals surface area contributed by atoms with E-state index in [2.05, 4.69) is 10.1 Å². The molecule has 0 atom stereocenters. The molecule has 1 aromatic carbocycles. The molecule has 0 bridgehead atoms. The number of rotatable bonds is 6. The molecule has 0 aliphatic heterocycles. The Balaban J connectivity index is 1.91. The van der Waals surface area contributed by atoms with Crippen molar-refractivity contribution in [2.45, 2.75) is 26.1 Å². The molecule has 0 fully saturated rings. The molecule has 0 radical (unpaired) electrons. The summed E-state index contributed by atoms with van der Waals surface area (Å²) in [6.45, 7) is 1.64. The number of nitrogens with zero attached hydrogens (tertiary/aromatic N) is 3. The van der Waals surface area contributed by atoms with Gasteiger partial charge in [-0.25, -0.2) is 18.6 Å². The molecule has 0 saturated heterocycles. The Hall–Kier alpha value is -2.82. The smallest absolute Gasteiger partial charge is 0.416 e. The minimum absolute atomic E-state index is 0.0316. The average molecular weight is 431 g/mol. The topological polar surface area (TPSA) is 57.0 Å². The van der Waals surface area contributed by atoms with Crippen molar-refractivity contribution in [2.75, 3.05) is 6.61 Å². The minimum atomic E-state index is -4.56. The van der Waals surface area contributed by atoms with Crippen molar-refractivity contribution in [1.29, 1.82) is 0 Å². The van der Waals surface area contributed by atoms with E-state index in [9.17, 15) is 26.7 Å². The molecule has 29 heavy (non-hydrogen) atoms. The lowest BCUT2D eigenvalue weighted by Gasteiger charge is -2.07. The number of ether oxygens (including phenoxy) is 1. The Kier molecular flexibility index (Phi) is 5.96. The van der Waals surface area contributed by atoms with E-state index >= 15 is 0 Å². The molecule has 0 unspecified atom stereocenters. The van der Waals surface area contributed by atoms with Gasteiger partial charge in [-0.3, -0.25) is 4.68 Å². The third-order valence-electron chi connectivity index (χ3n) is 3.82. The third kappa shape index (κ3) is 4.78. The van der Waals surface area contributed by atoms with Gasteiger partial charge in [0.25, 0.3) is 6.43 Å². The summed E-state index contributed by atoms with van der Waals surface area (Å²) in [6.07, 6.45) is -4.85. The van der Waals surface area contributed by atoms with Crippen molar-refractivity contribution in [3.8, 4) is 10.6 Å². The summed E-state index contributed by atoms with van der Waals surface area (Å²) in [4.78, 5) is 15.4. The highest BCUT2D eigenvalue weighted by Gasteiger charge is 2.31. The number of carbonyl (C=O) groups is 1. The van der Waals surface area contributed by atoms with Gasteiger partial charge in [-0.2, -0.15) is 18.3 Å². The van der Waals surface area contributed by atoms with E-state index in [4.69, 9.17) is 4.74 Å². The van der Waals surface area contributed by atoms with Crippen LogP contribution in [0.4, 0.5) is 22.0 Å². The summed E-state index contributed by atoms with van der Waals surface area (Å²) in [5.41, 5.74) is -0.683. The van der Waals surface area contributed by atoms with Crippen molar-refractivity contribution in [3.05, 3.63) is 58.4 Å². The van der Waals surface area contributed by atoms with E-state index < -0.39 is 24.1 Å². The normalized spacial score (nSPS) is 11.8. The predicted octanol–water partition coefficient (Wildman–Crippen LogP) is 5.19. The summed E-state index contributed by atoms with van der Waals surface area (Å²) in [6, 6.07) is 4.33. The molecule has 0 aliphatic rings. The number of alkyl halides is 5. The molecule has 3 rings (SSSR count). The van der Waals surface area contributed by atoms with E-state index in [0.29, 0.717) is 11.3 Å². The van der Waals surface area contributed by atoms with Crippen LogP contribution < -0.4 is 0 Å². The standard InChI is InChI=1S/C18H14F5N3O2S/c1-2-28-17(27)11-7-24-26(8-11)9-13-14(15(19)20)29-16(25-13)10-4-3-5-12(6-10)18(21,22)23/h3-8,15H,2,9H2,1H3. The number of thiazole rings is 1. The number of carbonyl (C=O) groups excluding carboxylic acids is 1. The summed E-state index contributed by atoms with van der Waals surface area (Å²) >= 11 is 0.619.